The van der Waals surface area contributed by atoms with Crippen LogP contribution in [-0.2, 0) is 6.42 Å². The first-order valence-corrected chi connectivity index (χ1v) is 6.53. The molecular weight excluding hydrogens is 250 g/mol. The molecule has 2 aromatic heterocycles. The van der Waals surface area contributed by atoms with Crippen LogP contribution in [0.4, 0.5) is 0 Å². The average molecular weight is 265 g/mol. The zero-order chi connectivity index (χ0) is 13.0. The first-order valence-electron chi connectivity index (χ1n) is 5.76. The average Bonchev–Trinajstić information content (AvgIpc) is 2.86. The van der Waals surface area contributed by atoms with Crippen LogP contribution in [-0.4, -0.2) is 26.8 Å². The summed E-state index contributed by atoms with van der Waals surface area (Å²) >= 11 is 1.20. The van der Waals surface area contributed by atoms with Gasteiger partial charge < -0.3 is 9.84 Å². The zero-order valence-electron chi connectivity index (χ0n) is 10.3. The highest BCUT2D eigenvalue weighted by molar-refractivity contribution is 7.05. The van der Waals surface area contributed by atoms with E-state index in [2.05, 4.69) is 21.5 Å². The van der Waals surface area contributed by atoms with E-state index in [-0.39, 0.29) is 0 Å². The third-order valence-corrected chi connectivity index (χ3v) is 3.42. The van der Waals surface area contributed by atoms with E-state index in [0.29, 0.717) is 11.4 Å². The first-order chi connectivity index (χ1) is 8.77. The smallest absolute Gasteiger partial charge is 0.143 e. The Morgan fingerprint density at radius 1 is 1.50 bits per heavy atom. The van der Waals surface area contributed by atoms with Crippen molar-refractivity contribution in [1.82, 2.24) is 14.6 Å². The van der Waals surface area contributed by atoms with Gasteiger partial charge in [-0.25, -0.2) is 0 Å². The Balaban J connectivity index is 2.35. The Morgan fingerprint density at radius 3 is 3.06 bits per heavy atom. The van der Waals surface area contributed by atoms with E-state index in [1.54, 1.807) is 25.4 Å². The third kappa shape index (κ3) is 2.49. The van der Waals surface area contributed by atoms with Crippen LogP contribution < -0.4 is 4.74 Å². The highest BCUT2D eigenvalue weighted by atomic mass is 32.1. The van der Waals surface area contributed by atoms with Crippen molar-refractivity contribution in [2.75, 3.05) is 7.11 Å². The number of aryl methyl sites for hydroxylation is 1. The number of aliphatic hydroxyl groups excluding tert-OH is 1. The summed E-state index contributed by atoms with van der Waals surface area (Å²) in [4.78, 5) is 4.93. The Labute approximate surface area is 110 Å². The summed E-state index contributed by atoms with van der Waals surface area (Å²) in [5.41, 5.74) is 1.34. The lowest BCUT2D eigenvalue weighted by atomic mass is 10.1. The Morgan fingerprint density at radius 2 is 2.33 bits per heavy atom. The van der Waals surface area contributed by atoms with Gasteiger partial charge in [0.15, 0.2) is 0 Å². The van der Waals surface area contributed by atoms with E-state index in [9.17, 15) is 5.11 Å². The van der Waals surface area contributed by atoms with Gasteiger partial charge in [0.2, 0.25) is 0 Å². The molecule has 0 fully saturated rings. The quantitative estimate of drug-likeness (QED) is 0.895. The SMILES string of the molecule is CCCc1nnsc1C(O)c1ncccc1OC. The monoisotopic (exact) mass is 265 g/mol. The van der Waals surface area contributed by atoms with Crippen molar-refractivity contribution in [1.29, 1.82) is 0 Å². The van der Waals surface area contributed by atoms with Gasteiger partial charge in [0.05, 0.1) is 17.7 Å². The predicted molar refractivity (Wildman–Crippen MR) is 68.8 cm³/mol. The lowest BCUT2D eigenvalue weighted by Gasteiger charge is -2.12. The molecule has 0 bridgehead atoms. The molecule has 18 heavy (non-hydrogen) atoms. The maximum atomic E-state index is 10.4. The molecule has 2 rings (SSSR count). The van der Waals surface area contributed by atoms with Crippen molar-refractivity contribution in [3.05, 3.63) is 34.6 Å². The third-order valence-electron chi connectivity index (χ3n) is 2.60. The summed E-state index contributed by atoms with van der Waals surface area (Å²) in [7, 11) is 1.56. The second-order valence-electron chi connectivity index (χ2n) is 3.83. The van der Waals surface area contributed by atoms with Crippen LogP contribution in [0.3, 0.4) is 0 Å². The van der Waals surface area contributed by atoms with Crippen LogP contribution in [0.2, 0.25) is 0 Å². The Bertz CT molecular complexity index is 516. The Hall–Kier alpha value is -1.53. The molecule has 1 atom stereocenters. The van der Waals surface area contributed by atoms with E-state index in [4.69, 9.17) is 4.74 Å². The summed E-state index contributed by atoms with van der Waals surface area (Å²) in [6, 6.07) is 3.55. The fourth-order valence-corrected chi connectivity index (χ4v) is 2.43. The molecule has 2 aromatic rings. The van der Waals surface area contributed by atoms with E-state index in [1.165, 1.54) is 11.5 Å². The minimum atomic E-state index is -0.831. The molecule has 1 unspecified atom stereocenters. The molecule has 0 saturated carbocycles. The lowest BCUT2D eigenvalue weighted by molar-refractivity contribution is 0.211. The van der Waals surface area contributed by atoms with Gasteiger partial charge in [0.25, 0.3) is 0 Å². The number of nitrogens with zero attached hydrogens (tertiary/aromatic N) is 3. The molecule has 5 nitrogen and oxygen atoms in total. The van der Waals surface area contributed by atoms with Crippen LogP contribution >= 0.6 is 11.5 Å². The van der Waals surface area contributed by atoms with Gasteiger partial charge in [-0.05, 0) is 30.1 Å². The number of ether oxygens (including phenoxy) is 1. The second-order valence-corrected chi connectivity index (χ2v) is 4.61. The fraction of sp³-hybridized carbons (Fsp3) is 0.417. The molecule has 0 spiro atoms. The van der Waals surface area contributed by atoms with E-state index < -0.39 is 6.10 Å². The molecule has 0 aliphatic carbocycles. The topological polar surface area (TPSA) is 68.1 Å². The summed E-state index contributed by atoms with van der Waals surface area (Å²) in [5.74, 6) is 0.570. The second kappa shape index (κ2) is 5.88. The maximum absolute atomic E-state index is 10.4. The number of methoxy groups -OCH3 is 1. The summed E-state index contributed by atoms with van der Waals surface area (Å²) in [6.07, 6.45) is 2.57. The molecular formula is C12H15N3O2S. The predicted octanol–water partition coefficient (Wildman–Crippen LogP) is 1.98. The minimum Gasteiger partial charge on any atom is -0.495 e. The van der Waals surface area contributed by atoms with Crippen molar-refractivity contribution < 1.29 is 9.84 Å². The van der Waals surface area contributed by atoms with Crippen LogP contribution in [0.25, 0.3) is 0 Å². The van der Waals surface area contributed by atoms with Crippen LogP contribution in [0.15, 0.2) is 18.3 Å². The van der Waals surface area contributed by atoms with Crippen LogP contribution in [0, 0.1) is 0 Å². The summed E-state index contributed by atoms with van der Waals surface area (Å²) < 4.78 is 9.11. The number of pyridine rings is 1. The van der Waals surface area contributed by atoms with E-state index in [0.717, 1.165) is 23.4 Å². The van der Waals surface area contributed by atoms with Gasteiger partial charge in [-0.3, -0.25) is 4.98 Å². The number of hydrogen-bond donors (Lipinski definition) is 1. The summed E-state index contributed by atoms with van der Waals surface area (Å²) in [6.45, 7) is 2.07. The maximum Gasteiger partial charge on any atom is 0.143 e. The largest absolute Gasteiger partial charge is 0.495 e. The number of aliphatic hydroxyl groups is 1. The Kier molecular flexibility index (Phi) is 4.22. The molecule has 0 aliphatic rings. The lowest BCUT2D eigenvalue weighted by Crippen LogP contribution is -2.05. The zero-order valence-corrected chi connectivity index (χ0v) is 11.1. The number of aromatic nitrogens is 3. The van der Waals surface area contributed by atoms with Crippen molar-refractivity contribution in [2.24, 2.45) is 0 Å². The van der Waals surface area contributed by atoms with Crippen molar-refractivity contribution in [3.63, 3.8) is 0 Å². The van der Waals surface area contributed by atoms with E-state index >= 15 is 0 Å². The normalized spacial score (nSPS) is 12.4. The molecule has 1 N–H and O–H groups in total. The van der Waals surface area contributed by atoms with Crippen molar-refractivity contribution >= 4 is 11.5 Å². The van der Waals surface area contributed by atoms with Gasteiger partial charge in [0, 0.05) is 6.20 Å². The van der Waals surface area contributed by atoms with Crippen molar-refractivity contribution in [2.45, 2.75) is 25.9 Å². The highest BCUT2D eigenvalue weighted by Crippen LogP contribution is 2.31. The molecule has 0 aromatic carbocycles. The van der Waals surface area contributed by atoms with Gasteiger partial charge in [-0.2, -0.15) is 0 Å². The molecule has 96 valence electrons. The highest BCUT2D eigenvalue weighted by Gasteiger charge is 2.22. The minimum absolute atomic E-state index is 0.503. The molecule has 0 aliphatic heterocycles. The fourth-order valence-electron chi connectivity index (χ4n) is 1.74. The first kappa shape index (κ1) is 12.9. The van der Waals surface area contributed by atoms with Gasteiger partial charge in [0.1, 0.15) is 17.5 Å². The van der Waals surface area contributed by atoms with Crippen LogP contribution in [0.5, 0.6) is 5.75 Å². The molecule has 0 saturated heterocycles. The van der Waals surface area contributed by atoms with Crippen molar-refractivity contribution in [3.8, 4) is 5.75 Å². The molecule has 6 heteroatoms. The van der Waals surface area contributed by atoms with Crippen LogP contribution in [0.1, 0.15) is 35.7 Å². The van der Waals surface area contributed by atoms with Gasteiger partial charge in [-0.1, -0.05) is 17.8 Å². The molecule has 0 radical (unpaired) electrons. The summed E-state index contributed by atoms with van der Waals surface area (Å²) in [5, 5.41) is 14.4. The van der Waals surface area contributed by atoms with Gasteiger partial charge in [-0.15, -0.1) is 5.10 Å². The standard InChI is InChI=1S/C12H15N3O2S/c1-3-5-8-12(18-15-14-8)11(16)10-9(17-2)6-4-7-13-10/h4,6-7,11,16H,3,5H2,1-2H3. The molecule has 0 amide bonds. The van der Waals surface area contributed by atoms with E-state index in [1.807, 2.05) is 0 Å². The van der Waals surface area contributed by atoms with Gasteiger partial charge >= 0.3 is 0 Å². The molecule has 2 heterocycles. The number of rotatable bonds is 5. The number of hydrogen-bond acceptors (Lipinski definition) is 6.